The molecule has 2 aromatic rings. The summed E-state index contributed by atoms with van der Waals surface area (Å²) in [6, 6.07) is 8.50. The number of aromatic nitrogens is 1. The van der Waals surface area contributed by atoms with Gasteiger partial charge in [0.15, 0.2) is 0 Å². The first-order chi connectivity index (χ1) is 12.0. The Morgan fingerprint density at radius 1 is 1.24 bits per heavy atom. The van der Waals surface area contributed by atoms with Crippen molar-refractivity contribution in [3.8, 4) is 0 Å². The van der Waals surface area contributed by atoms with Crippen molar-refractivity contribution in [1.82, 2.24) is 21.3 Å². The molecule has 1 aliphatic rings. The highest BCUT2D eigenvalue weighted by atomic mass is 35.5. The first kappa shape index (κ1) is 17.8. The second-order valence-electron chi connectivity index (χ2n) is 5.70. The van der Waals surface area contributed by atoms with Crippen LogP contribution in [0.2, 0.25) is 10.0 Å². The Hall–Kier alpha value is -1.99. The molecular weight excluding hydrogens is 361 g/mol. The molecule has 8 heteroatoms. The lowest BCUT2D eigenvalue weighted by atomic mass is 10.0. The number of halogens is 2. The zero-order valence-corrected chi connectivity index (χ0v) is 15.0. The maximum absolute atomic E-state index is 12.3. The molecule has 1 saturated heterocycles. The summed E-state index contributed by atoms with van der Waals surface area (Å²) >= 11 is 12.1. The van der Waals surface area contributed by atoms with E-state index in [4.69, 9.17) is 23.2 Å². The van der Waals surface area contributed by atoms with Gasteiger partial charge in [0.25, 0.3) is 5.91 Å². The first-order valence-corrected chi connectivity index (χ1v) is 8.50. The van der Waals surface area contributed by atoms with Crippen molar-refractivity contribution in [2.75, 3.05) is 0 Å². The van der Waals surface area contributed by atoms with Crippen molar-refractivity contribution >= 4 is 34.8 Å². The molecule has 0 aliphatic carbocycles. The molecule has 1 aromatic carbocycles. The van der Waals surface area contributed by atoms with Crippen molar-refractivity contribution < 1.29 is 4.79 Å². The van der Waals surface area contributed by atoms with E-state index in [1.54, 1.807) is 24.5 Å². The third-order valence-corrected chi connectivity index (χ3v) is 4.55. The molecule has 3 N–H and O–H groups in total. The fraction of sp³-hybridized carbons (Fsp3) is 0.235. The zero-order valence-electron chi connectivity index (χ0n) is 13.5. The highest BCUT2D eigenvalue weighted by Crippen LogP contribution is 2.30. The van der Waals surface area contributed by atoms with Gasteiger partial charge in [0.2, 0.25) is 0 Å². The van der Waals surface area contributed by atoms with Crippen LogP contribution in [0.4, 0.5) is 0 Å². The van der Waals surface area contributed by atoms with Gasteiger partial charge < -0.3 is 0 Å². The number of benzene rings is 1. The van der Waals surface area contributed by atoms with E-state index in [2.05, 4.69) is 26.4 Å². The number of amides is 1. The molecule has 130 valence electrons. The molecule has 1 amide bonds. The Morgan fingerprint density at radius 3 is 2.72 bits per heavy atom. The van der Waals surface area contributed by atoms with Crippen molar-refractivity contribution in [1.29, 1.82) is 0 Å². The number of nitrogens with zero attached hydrogens (tertiary/aromatic N) is 2. The second-order valence-corrected chi connectivity index (χ2v) is 6.55. The van der Waals surface area contributed by atoms with Crippen LogP contribution in [0.3, 0.4) is 0 Å². The standard InChI is InChI=1S/C17H17Cl2N5O/c1-10(11-4-6-20-7-5-11)21-24-17(25)16-9-15(22-23-16)13-3-2-12(18)8-14(13)19/h2-8,15-16,22-23H,9H2,1H3,(H,24,25)/b21-10+. The Kier molecular flexibility index (Phi) is 5.65. The van der Waals surface area contributed by atoms with Gasteiger partial charge in [-0.05, 0) is 43.2 Å². The van der Waals surface area contributed by atoms with Gasteiger partial charge in [0.1, 0.15) is 6.04 Å². The maximum Gasteiger partial charge on any atom is 0.258 e. The maximum atomic E-state index is 12.3. The molecule has 1 aromatic heterocycles. The van der Waals surface area contributed by atoms with Gasteiger partial charge in [0, 0.05) is 34.0 Å². The van der Waals surface area contributed by atoms with Gasteiger partial charge in [-0.2, -0.15) is 5.10 Å². The number of hydrogen-bond acceptors (Lipinski definition) is 5. The van der Waals surface area contributed by atoms with Crippen LogP contribution in [0.25, 0.3) is 0 Å². The van der Waals surface area contributed by atoms with E-state index >= 15 is 0 Å². The number of nitrogens with one attached hydrogen (secondary N) is 3. The lowest BCUT2D eigenvalue weighted by molar-refractivity contribution is -0.122. The van der Waals surface area contributed by atoms with Crippen molar-refractivity contribution in [2.45, 2.75) is 25.4 Å². The van der Waals surface area contributed by atoms with Crippen LogP contribution < -0.4 is 16.3 Å². The molecule has 2 heterocycles. The van der Waals surface area contributed by atoms with E-state index in [0.29, 0.717) is 22.2 Å². The van der Waals surface area contributed by atoms with E-state index in [1.807, 2.05) is 25.1 Å². The SMILES string of the molecule is C/C(=N\NC(=O)C1CC(c2ccc(Cl)cc2Cl)NN1)c1ccncc1. The van der Waals surface area contributed by atoms with Crippen LogP contribution in [0.15, 0.2) is 47.8 Å². The monoisotopic (exact) mass is 377 g/mol. The fourth-order valence-corrected chi connectivity index (χ4v) is 3.13. The summed E-state index contributed by atoms with van der Waals surface area (Å²) in [4.78, 5) is 16.3. The number of rotatable bonds is 4. The molecule has 3 rings (SSSR count). The molecule has 1 aliphatic heterocycles. The van der Waals surface area contributed by atoms with Crippen molar-refractivity contribution in [3.63, 3.8) is 0 Å². The summed E-state index contributed by atoms with van der Waals surface area (Å²) in [5.74, 6) is -0.214. The van der Waals surface area contributed by atoms with Gasteiger partial charge in [-0.3, -0.25) is 9.78 Å². The van der Waals surface area contributed by atoms with Crippen LogP contribution in [0.5, 0.6) is 0 Å². The Balaban J connectivity index is 1.61. The molecule has 2 atom stereocenters. The predicted molar refractivity (Wildman–Crippen MR) is 98.5 cm³/mol. The molecule has 6 nitrogen and oxygen atoms in total. The Morgan fingerprint density at radius 2 is 2.00 bits per heavy atom. The van der Waals surface area contributed by atoms with E-state index in [-0.39, 0.29) is 11.9 Å². The number of carbonyl (C=O) groups is 1. The number of hydrazone groups is 1. The number of carbonyl (C=O) groups excluding carboxylic acids is 1. The smallest absolute Gasteiger partial charge is 0.258 e. The molecule has 0 saturated carbocycles. The highest BCUT2D eigenvalue weighted by Gasteiger charge is 2.31. The van der Waals surface area contributed by atoms with Gasteiger partial charge in [0.05, 0.1) is 5.71 Å². The van der Waals surface area contributed by atoms with Crippen LogP contribution in [-0.4, -0.2) is 22.6 Å². The molecule has 0 radical (unpaired) electrons. The largest absolute Gasteiger partial charge is 0.271 e. The fourth-order valence-electron chi connectivity index (χ4n) is 2.59. The number of hydrazine groups is 1. The van der Waals surface area contributed by atoms with E-state index in [1.165, 1.54) is 0 Å². The van der Waals surface area contributed by atoms with Crippen LogP contribution in [0, 0.1) is 0 Å². The normalized spacial score (nSPS) is 20.5. The first-order valence-electron chi connectivity index (χ1n) is 7.75. The summed E-state index contributed by atoms with van der Waals surface area (Å²) < 4.78 is 0. The van der Waals surface area contributed by atoms with E-state index in [0.717, 1.165) is 11.1 Å². The summed E-state index contributed by atoms with van der Waals surface area (Å²) in [6.45, 7) is 1.83. The van der Waals surface area contributed by atoms with Gasteiger partial charge in [-0.15, -0.1) is 0 Å². The quantitative estimate of drug-likeness (QED) is 0.565. The van der Waals surface area contributed by atoms with Gasteiger partial charge in [-0.25, -0.2) is 16.3 Å². The average Bonchev–Trinajstić information content (AvgIpc) is 3.10. The number of hydrogen-bond donors (Lipinski definition) is 3. The highest BCUT2D eigenvalue weighted by molar-refractivity contribution is 6.35. The minimum Gasteiger partial charge on any atom is -0.271 e. The molecule has 0 spiro atoms. The average molecular weight is 378 g/mol. The zero-order chi connectivity index (χ0) is 17.8. The van der Waals surface area contributed by atoms with Crippen LogP contribution in [-0.2, 0) is 4.79 Å². The van der Waals surface area contributed by atoms with Crippen LogP contribution >= 0.6 is 23.2 Å². The minimum absolute atomic E-state index is 0.0780. The van der Waals surface area contributed by atoms with Crippen LogP contribution in [0.1, 0.15) is 30.5 Å². The third-order valence-electron chi connectivity index (χ3n) is 3.99. The Labute approximate surface area is 155 Å². The van der Waals surface area contributed by atoms with E-state index in [9.17, 15) is 4.79 Å². The van der Waals surface area contributed by atoms with Gasteiger partial charge in [-0.1, -0.05) is 29.3 Å². The summed E-state index contributed by atoms with van der Waals surface area (Å²) in [5.41, 5.74) is 11.2. The van der Waals surface area contributed by atoms with Crippen molar-refractivity contribution in [3.05, 3.63) is 63.9 Å². The molecule has 1 fully saturated rings. The Bertz CT molecular complexity index is 797. The summed E-state index contributed by atoms with van der Waals surface area (Å²) in [6.07, 6.45) is 3.91. The van der Waals surface area contributed by atoms with Crippen molar-refractivity contribution in [2.24, 2.45) is 5.10 Å². The van der Waals surface area contributed by atoms with Gasteiger partial charge >= 0.3 is 0 Å². The van der Waals surface area contributed by atoms with E-state index < -0.39 is 6.04 Å². The molecule has 25 heavy (non-hydrogen) atoms. The molecule has 2 unspecified atom stereocenters. The lowest BCUT2D eigenvalue weighted by Gasteiger charge is -2.11. The lowest BCUT2D eigenvalue weighted by Crippen LogP contribution is -2.41. The summed E-state index contributed by atoms with van der Waals surface area (Å²) in [5, 5.41) is 5.29. The topological polar surface area (TPSA) is 78.4 Å². The summed E-state index contributed by atoms with van der Waals surface area (Å²) in [7, 11) is 0. The second kappa shape index (κ2) is 7.93. The number of pyridine rings is 1. The third kappa shape index (κ3) is 4.35. The predicted octanol–water partition coefficient (Wildman–Crippen LogP) is 2.84. The molecular formula is C17H17Cl2N5O. The minimum atomic E-state index is -0.411. The molecule has 0 bridgehead atoms.